The minimum atomic E-state index is -0.932. The summed E-state index contributed by atoms with van der Waals surface area (Å²) in [4.78, 5) is 35.7. The van der Waals surface area contributed by atoms with Crippen LogP contribution in [0.1, 0.15) is 29.6 Å². The van der Waals surface area contributed by atoms with Gasteiger partial charge in [0.25, 0.3) is 5.91 Å². The molecule has 6 nitrogen and oxygen atoms in total. The highest BCUT2D eigenvalue weighted by Gasteiger charge is 2.54. The van der Waals surface area contributed by atoms with Crippen LogP contribution in [0.5, 0.6) is 0 Å². The van der Waals surface area contributed by atoms with Gasteiger partial charge in [0.15, 0.2) is 0 Å². The highest BCUT2D eigenvalue weighted by molar-refractivity contribution is 6.30. The molecule has 23 heavy (non-hydrogen) atoms. The molecule has 0 spiro atoms. The minimum absolute atomic E-state index is 0.0666. The summed E-state index contributed by atoms with van der Waals surface area (Å²) in [5.41, 5.74) is 5.02. The second kappa shape index (κ2) is 6.20. The number of aliphatic carboxylic acids is 1. The zero-order valence-electron chi connectivity index (χ0n) is 12.3. The van der Waals surface area contributed by atoms with E-state index in [4.69, 9.17) is 11.6 Å². The number of amides is 2. The fraction of sp³-hybridized carbons (Fsp3) is 0.438. The van der Waals surface area contributed by atoms with Crippen molar-refractivity contribution in [3.05, 3.63) is 34.9 Å². The summed E-state index contributed by atoms with van der Waals surface area (Å²) in [7, 11) is 0. The fourth-order valence-corrected chi connectivity index (χ4v) is 4.12. The molecule has 122 valence electrons. The van der Waals surface area contributed by atoms with Crippen molar-refractivity contribution in [3.8, 4) is 0 Å². The van der Waals surface area contributed by atoms with E-state index in [2.05, 4.69) is 10.9 Å². The van der Waals surface area contributed by atoms with Crippen molar-refractivity contribution >= 4 is 29.4 Å². The van der Waals surface area contributed by atoms with Crippen LogP contribution in [0.15, 0.2) is 24.3 Å². The van der Waals surface area contributed by atoms with Gasteiger partial charge < -0.3 is 5.11 Å². The van der Waals surface area contributed by atoms with Crippen LogP contribution in [0.3, 0.4) is 0 Å². The van der Waals surface area contributed by atoms with Gasteiger partial charge in [0.2, 0.25) is 5.91 Å². The lowest BCUT2D eigenvalue weighted by atomic mass is 9.79. The molecule has 2 aliphatic rings. The van der Waals surface area contributed by atoms with Crippen LogP contribution in [-0.2, 0) is 9.59 Å². The molecule has 0 radical (unpaired) electrons. The molecule has 2 bridgehead atoms. The van der Waals surface area contributed by atoms with Gasteiger partial charge in [-0.15, -0.1) is 0 Å². The number of rotatable bonds is 3. The van der Waals surface area contributed by atoms with E-state index in [0.717, 1.165) is 19.3 Å². The first-order chi connectivity index (χ1) is 11.0. The van der Waals surface area contributed by atoms with E-state index in [1.165, 1.54) is 6.07 Å². The van der Waals surface area contributed by atoms with E-state index in [1.54, 1.807) is 18.2 Å². The molecule has 2 aliphatic carbocycles. The van der Waals surface area contributed by atoms with Crippen molar-refractivity contribution in [2.75, 3.05) is 0 Å². The first kappa shape index (κ1) is 15.8. The van der Waals surface area contributed by atoms with Crippen molar-refractivity contribution in [1.29, 1.82) is 0 Å². The SMILES string of the molecule is O=C(NNC(=O)[C@@H]1[C@@H]2CC[C@@H](C2)[C@@H]1C(=O)O)c1cccc(Cl)c1. The molecule has 0 heterocycles. The Kier molecular flexibility index (Phi) is 4.26. The number of carboxylic acid groups (broad SMARTS) is 1. The molecular formula is C16H17ClN2O4. The summed E-state index contributed by atoms with van der Waals surface area (Å²) in [6.45, 7) is 0. The number of benzene rings is 1. The molecule has 2 fully saturated rings. The summed E-state index contributed by atoms with van der Waals surface area (Å²) >= 11 is 5.82. The lowest BCUT2D eigenvalue weighted by Crippen LogP contribution is -2.48. The van der Waals surface area contributed by atoms with Crippen LogP contribution in [0.4, 0.5) is 0 Å². The number of hydrogen-bond donors (Lipinski definition) is 3. The first-order valence-corrected chi connectivity index (χ1v) is 7.93. The van der Waals surface area contributed by atoms with E-state index >= 15 is 0 Å². The number of fused-ring (bicyclic) bond motifs is 2. The molecule has 2 amide bonds. The van der Waals surface area contributed by atoms with Gasteiger partial charge in [-0.25, -0.2) is 0 Å². The number of hydrazine groups is 1. The van der Waals surface area contributed by atoms with E-state index in [9.17, 15) is 19.5 Å². The first-order valence-electron chi connectivity index (χ1n) is 7.56. The maximum atomic E-state index is 12.3. The molecule has 7 heteroatoms. The third-order valence-corrected chi connectivity index (χ3v) is 5.13. The second-order valence-corrected chi connectivity index (χ2v) is 6.61. The molecule has 3 N–H and O–H groups in total. The van der Waals surface area contributed by atoms with Crippen molar-refractivity contribution in [3.63, 3.8) is 0 Å². The summed E-state index contributed by atoms with van der Waals surface area (Å²) < 4.78 is 0. The third kappa shape index (κ3) is 3.03. The summed E-state index contributed by atoms with van der Waals surface area (Å²) in [5, 5.41) is 9.78. The standard InChI is InChI=1S/C16H17ClN2O4/c17-11-3-1-2-10(7-11)14(20)18-19-15(21)12-8-4-5-9(6-8)13(12)16(22)23/h1-3,7-9,12-13H,4-6H2,(H,18,20)(H,19,21)(H,22,23)/t8-,9+,12-,13+/m1/s1. The van der Waals surface area contributed by atoms with Crippen LogP contribution < -0.4 is 10.9 Å². The van der Waals surface area contributed by atoms with Crippen LogP contribution >= 0.6 is 11.6 Å². The molecule has 0 saturated heterocycles. The summed E-state index contributed by atoms with van der Waals surface area (Å²) in [6, 6.07) is 6.34. The number of carbonyl (C=O) groups excluding carboxylic acids is 2. The monoisotopic (exact) mass is 336 g/mol. The minimum Gasteiger partial charge on any atom is -0.481 e. The Morgan fingerprint density at radius 1 is 1.09 bits per heavy atom. The molecule has 1 aromatic carbocycles. The Hall–Kier alpha value is -2.08. The van der Waals surface area contributed by atoms with Gasteiger partial charge in [-0.1, -0.05) is 17.7 Å². The quantitative estimate of drug-likeness (QED) is 0.734. The average Bonchev–Trinajstić information content (AvgIpc) is 3.13. The molecule has 0 aromatic heterocycles. The van der Waals surface area contributed by atoms with Crippen LogP contribution in [-0.4, -0.2) is 22.9 Å². The predicted octanol–water partition coefficient (Wildman–Crippen LogP) is 1.85. The van der Waals surface area contributed by atoms with Gasteiger partial charge in [0.1, 0.15) is 0 Å². The van der Waals surface area contributed by atoms with E-state index < -0.39 is 29.6 Å². The molecule has 1 aromatic rings. The topological polar surface area (TPSA) is 95.5 Å². The fourth-order valence-electron chi connectivity index (χ4n) is 3.93. The number of carbonyl (C=O) groups is 3. The number of hydrogen-bond acceptors (Lipinski definition) is 3. The molecule has 2 saturated carbocycles. The molecule has 0 aliphatic heterocycles. The van der Waals surface area contributed by atoms with Gasteiger partial charge in [-0.05, 0) is 49.3 Å². The summed E-state index contributed by atoms with van der Waals surface area (Å²) in [6.07, 6.45) is 2.51. The van der Waals surface area contributed by atoms with E-state index in [0.29, 0.717) is 10.6 Å². The Labute approximate surface area is 138 Å². The van der Waals surface area contributed by atoms with E-state index in [-0.39, 0.29) is 11.8 Å². The smallest absolute Gasteiger partial charge is 0.307 e. The highest BCUT2D eigenvalue weighted by atomic mass is 35.5. The van der Waals surface area contributed by atoms with Crippen LogP contribution in [0, 0.1) is 23.7 Å². The van der Waals surface area contributed by atoms with Gasteiger partial charge in [-0.3, -0.25) is 25.2 Å². The Morgan fingerprint density at radius 2 is 1.78 bits per heavy atom. The lowest BCUT2D eigenvalue weighted by molar-refractivity contribution is -0.149. The van der Waals surface area contributed by atoms with E-state index in [1.807, 2.05) is 0 Å². The van der Waals surface area contributed by atoms with Crippen molar-refractivity contribution in [1.82, 2.24) is 10.9 Å². The third-order valence-electron chi connectivity index (χ3n) is 4.89. The van der Waals surface area contributed by atoms with Crippen LogP contribution in [0.2, 0.25) is 5.02 Å². The lowest BCUT2D eigenvalue weighted by Gasteiger charge is -2.26. The number of nitrogens with one attached hydrogen (secondary N) is 2. The Morgan fingerprint density at radius 3 is 2.43 bits per heavy atom. The van der Waals surface area contributed by atoms with Crippen molar-refractivity contribution in [2.45, 2.75) is 19.3 Å². The van der Waals surface area contributed by atoms with Gasteiger partial charge >= 0.3 is 5.97 Å². The Bertz CT molecular complexity index is 663. The maximum Gasteiger partial charge on any atom is 0.307 e. The number of halogens is 1. The van der Waals surface area contributed by atoms with Crippen molar-refractivity contribution < 1.29 is 19.5 Å². The largest absolute Gasteiger partial charge is 0.481 e. The zero-order chi connectivity index (χ0) is 16.6. The van der Waals surface area contributed by atoms with Crippen molar-refractivity contribution in [2.24, 2.45) is 23.7 Å². The van der Waals surface area contributed by atoms with Gasteiger partial charge in [-0.2, -0.15) is 0 Å². The normalized spacial score (nSPS) is 28.4. The summed E-state index contributed by atoms with van der Waals surface area (Å²) in [5.74, 6) is -2.93. The molecule has 0 unspecified atom stereocenters. The predicted molar refractivity (Wildman–Crippen MR) is 82.5 cm³/mol. The van der Waals surface area contributed by atoms with Gasteiger partial charge in [0, 0.05) is 10.6 Å². The highest BCUT2D eigenvalue weighted by Crippen LogP contribution is 2.52. The maximum absolute atomic E-state index is 12.3. The molecule has 4 atom stereocenters. The second-order valence-electron chi connectivity index (χ2n) is 6.18. The molecular weight excluding hydrogens is 320 g/mol. The average molecular weight is 337 g/mol. The zero-order valence-corrected chi connectivity index (χ0v) is 13.0. The van der Waals surface area contributed by atoms with Crippen LogP contribution in [0.25, 0.3) is 0 Å². The Balaban J connectivity index is 1.63. The number of carboxylic acids is 1. The molecule has 3 rings (SSSR count). The van der Waals surface area contributed by atoms with Gasteiger partial charge in [0.05, 0.1) is 11.8 Å².